The Morgan fingerprint density at radius 2 is 2.20 bits per heavy atom. The Morgan fingerprint density at radius 3 is 2.90 bits per heavy atom. The summed E-state index contributed by atoms with van der Waals surface area (Å²) in [5.74, 6) is 1.16. The molecule has 4 rings (SSSR count). The standard InChI is InChI=1S/C21H22N6O2S/c1-3-24-20(28)17-11-14-19(27-7-9-29-10-8-27)25-18(26-21(14)30-17)13-5-4-6-16(23-2)15(13)12-22/h4-6,11-12,22H,2-3,7-10H2,1H3,(H,24,28). The molecule has 1 aromatic carbocycles. The minimum atomic E-state index is -0.118. The van der Waals surface area contributed by atoms with Crippen LogP contribution in [0, 0.1) is 5.41 Å². The Hall–Kier alpha value is -3.17. The van der Waals surface area contributed by atoms with Crippen LogP contribution in [0.1, 0.15) is 22.2 Å². The molecule has 3 aromatic rings. The molecule has 0 spiro atoms. The van der Waals surface area contributed by atoms with Crippen LogP contribution in [0.15, 0.2) is 29.3 Å². The molecule has 1 aliphatic heterocycles. The van der Waals surface area contributed by atoms with Crippen molar-refractivity contribution >= 4 is 51.9 Å². The molecule has 8 nitrogen and oxygen atoms in total. The number of carbonyl (C=O) groups is 1. The number of ether oxygens (including phenoxy) is 1. The molecule has 1 amide bonds. The van der Waals surface area contributed by atoms with E-state index in [1.165, 1.54) is 17.6 Å². The minimum absolute atomic E-state index is 0.118. The third-order valence-electron chi connectivity index (χ3n) is 4.88. The van der Waals surface area contributed by atoms with Gasteiger partial charge in [-0.1, -0.05) is 12.1 Å². The fraction of sp³-hybridized carbons (Fsp3) is 0.286. The lowest BCUT2D eigenvalue weighted by Crippen LogP contribution is -2.37. The molecule has 9 heteroatoms. The monoisotopic (exact) mass is 422 g/mol. The van der Waals surface area contributed by atoms with Gasteiger partial charge in [0.05, 0.1) is 29.2 Å². The number of morpholine rings is 1. The SMILES string of the molecule is C=Nc1cccc(-c2nc(N3CCOCC3)c3cc(C(=O)NCC)sc3n2)c1C=N. The summed E-state index contributed by atoms with van der Waals surface area (Å²) >= 11 is 1.34. The Bertz CT molecular complexity index is 1120. The molecule has 1 saturated heterocycles. The number of amides is 1. The van der Waals surface area contributed by atoms with Gasteiger partial charge in [-0.15, -0.1) is 11.3 Å². The molecule has 0 bridgehead atoms. The van der Waals surface area contributed by atoms with Gasteiger partial charge in [0.15, 0.2) is 5.82 Å². The van der Waals surface area contributed by atoms with Crippen molar-refractivity contribution in [3.8, 4) is 11.4 Å². The third-order valence-corrected chi connectivity index (χ3v) is 5.91. The summed E-state index contributed by atoms with van der Waals surface area (Å²) in [6.45, 7) is 8.71. The van der Waals surface area contributed by atoms with E-state index in [1.54, 1.807) is 6.07 Å². The maximum Gasteiger partial charge on any atom is 0.261 e. The topological polar surface area (TPSA) is 104 Å². The molecular weight excluding hydrogens is 400 g/mol. The number of thiophene rings is 1. The van der Waals surface area contributed by atoms with Crippen molar-refractivity contribution in [2.45, 2.75) is 6.92 Å². The van der Waals surface area contributed by atoms with Gasteiger partial charge >= 0.3 is 0 Å². The maximum atomic E-state index is 12.4. The van der Waals surface area contributed by atoms with Crippen molar-refractivity contribution in [2.24, 2.45) is 4.99 Å². The fourth-order valence-electron chi connectivity index (χ4n) is 3.44. The first kappa shape index (κ1) is 20.1. The highest BCUT2D eigenvalue weighted by molar-refractivity contribution is 7.20. The van der Waals surface area contributed by atoms with Crippen LogP contribution < -0.4 is 10.2 Å². The Balaban J connectivity index is 1.92. The van der Waals surface area contributed by atoms with E-state index in [9.17, 15) is 4.79 Å². The lowest BCUT2D eigenvalue weighted by Gasteiger charge is -2.28. The van der Waals surface area contributed by atoms with Gasteiger partial charge in [0.2, 0.25) is 0 Å². The van der Waals surface area contributed by atoms with E-state index in [4.69, 9.17) is 20.1 Å². The zero-order valence-electron chi connectivity index (χ0n) is 16.6. The Kier molecular flexibility index (Phi) is 5.82. The highest BCUT2D eigenvalue weighted by Crippen LogP contribution is 2.35. The van der Waals surface area contributed by atoms with E-state index < -0.39 is 0 Å². The summed E-state index contributed by atoms with van der Waals surface area (Å²) in [6.07, 6.45) is 1.25. The molecule has 1 fully saturated rings. The van der Waals surface area contributed by atoms with Crippen LogP contribution in [-0.4, -0.2) is 61.7 Å². The average Bonchev–Trinajstić information content (AvgIpc) is 3.23. The second-order valence-corrected chi connectivity index (χ2v) is 7.73. The first-order chi connectivity index (χ1) is 14.7. The smallest absolute Gasteiger partial charge is 0.261 e. The number of aliphatic imine (C=N–C) groups is 1. The molecule has 1 aliphatic rings. The molecule has 0 atom stereocenters. The van der Waals surface area contributed by atoms with E-state index in [0.717, 1.165) is 16.0 Å². The fourth-order valence-corrected chi connectivity index (χ4v) is 4.38. The number of nitrogens with zero attached hydrogens (tertiary/aromatic N) is 4. The van der Waals surface area contributed by atoms with Crippen molar-refractivity contribution in [1.29, 1.82) is 5.41 Å². The molecule has 30 heavy (non-hydrogen) atoms. The first-order valence-electron chi connectivity index (χ1n) is 9.69. The second-order valence-electron chi connectivity index (χ2n) is 6.70. The molecule has 154 valence electrons. The van der Waals surface area contributed by atoms with E-state index in [2.05, 4.69) is 21.9 Å². The van der Waals surface area contributed by atoms with Gasteiger partial charge in [-0.3, -0.25) is 9.79 Å². The van der Waals surface area contributed by atoms with Gasteiger partial charge in [-0.25, -0.2) is 9.97 Å². The quantitative estimate of drug-likeness (QED) is 0.594. The van der Waals surface area contributed by atoms with Crippen LogP contribution >= 0.6 is 11.3 Å². The van der Waals surface area contributed by atoms with Gasteiger partial charge in [0.25, 0.3) is 5.91 Å². The molecule has 0 aliphatic carbocycles. The summed E-state index contributed by atoms with van der Waals surface area (Å²) in [5.41, 5.74) is 1.92. The number of nitrogens with one attached hydrogen (secondary N) is 2. The highest BCUT2D eigenvalue weighted by Gasteiger charge is 2.22. The largest absolute Gasteiger partial charge is 0.378 e. The normalized spacial score (nSPS) is 14.0. The molecule has 3 heterocycles. The van der Waals surface area contributed by atoms with Gasteiger partial charge in [0.1, 0.15) is 10.6 Å². The average molecular weight is 423 g/mol. The molecule has 0 radical (unpaired) electrons. The van der Waals surface area contributed by atoms with E-state index >= 15 is 0 Å². The van der Waals surface area contributed by atoms with Crippen molar-refractivity contribution < 1.29 is 9.53 Å². The molecule has 0 unspecified atom stereocenters. The van der Waals surface area contributed by atoms with Gasteiger partial charge in [-0.05, 0) is 25.8 Å². The zero-order chi connectivity index (χ0) is 21.1. The predicted molar refractivity (Wildman–Crippen MR) is 121 cm³/mol. The molecule has 0 saturated carbocycles. The van der Waals surface area contributed by atoms with Crippen LogP contribution in [-0.2, 0) is 4.74 Å². The van der Waals surface area contributed by atoms with Gasteiger partial charge < -0.3 is 20.4 Å². The summed E-state index contributed by atoms with van der Waals surface area (Å²) in [4.78, 5) is 29.5. The summed E-state index contributed by atoms with van der Waals surface area (Å²) < 4.78 is 5.49. The minimum Gasteiger partial charge on any atom is -0.378 e. The van der Waals surface area contributed by atoms with Crippen molar-refractivity contribution in [3.63, 3.8) is 0 Å². The van der Waals surface area contributed by atoms with Crippen LogP contribution in [0.25, 0.3) is 21.6 Å². The second kappa shape index (κ2) is 8.68. The highest BCUT2D eigenvalue weighted by atomic mass is 32.1. The van der Waals surface area contributed by atoms with Crippen LogP contribution in [0.2, 0.25) is 0 Å². The number of fused-ring (bicyclic) bond motifs is 1. The van der Waals surface area contributed by atoms with Crippen molar-refractivity contribution in [3.05, 3.63) is 34.7 Å². The number of carbonyl (C=O) groups excluding carboxylic acids is 1. The predicted octanol–water partition coefficient (Wildman–Crippen LogP) is 3.27. The summed E-state index contributed by atoms with van der Waals surface area (Å²) in [5, 5.41) is 11.5. The lowest BCUT2D eigenvalue weighted by molar-refractivity contribution is 0.0960. The summed E-state index contributed by atoms with van der Waals surface area (Å²) in [6, 6.07) is 7.38. The molecular formula is C21H22N6O2S. The summed E-state index contributed by atoms with van der Waals surface area (Å²) in [7, 11) is 0. The number of benzene rings is 1. The van der Waals surface area contributed by atoms with E-state index in [1.807, 2.05) is 25.1 Å². The number of hydrogen-bond acceptors (Lipinski definition) is 8. The molecule has 2 N–H and O–H groups in total. The first-order valence-corrected chi connectivity index (χ1v) is 10.5. The van der Waals surface area contributed by atoms with Crippen LogP contribution in [0.4, 0.5) is 11.5 Å². The van der Waals surface area contributed by atoms with E-state index in [-0.39, 0.29) is 5.91 Å². The Labute approximate surface area is 178 Å². The number of hydrogen-bond donors (Lipinski definition) is 2. The van der Waals surface area contributed by atoms with Crippen LogP contribution in [0.3, 0.4) is 0 Å². The van der Waals surface area contributed by atoms with E-state index in [0.29, 0.717) is 60.4 Å². The Morgan fingerprint density at radius 1 is 1.40 bits per heavy atom. The number of anilines is 1. The van der Waals surface area contributed by atoms with Gasteiger partial charge in [0, 0.05) is 37.0 Å². The number of rotatable bonds is 6. The lowest BCUT2D eigenvalue weighted by atomic mass is 10.1. The van der Waals surface area contributed by atoms with Gasteiger partial charge in [-0.2, -0.15) is 0 Å². The maximum absolute atomic E-state index is 12.4. The zero-order valence-corrected chi connectivity index (χ0v) is 17.5. The third kappa shape index (κ3) is 3.69. The number of aromatic nitrogens is 2. The van der Waals surface area contributed by atoms with Crippen molar-refractivity contribution in [2.75, 3.05) is 37.7 Å². The van der Waals surface area contributed by atoms with Crippen molar-refractivity contribution in [1.82, 2.24) is 15.3 Å². The van der Waals surface area contributed by atoms with Crippen LogP contribution in [0.5, 0.6) is 0 Å². The molecule has 2 aromatic heterocycles.